The third-order valence-electron chi connectivity index (χ3n) is 9.06. The molecule has 0 saturated carbocycles. The zero-order chi connectivity index (χ0) is 28.1. The summed E-state index contributed by atoms with van der Waals surface area (Å²) < 4.78 is 0. The monoisotopic (exact) mass is 532 g/mol. The van der Waals surface area contributed by atoms with Crippen molar-refractivity contribution in [2.75, 3.05) is 14.7 Å². The summed E-state index contributed by atoms with van der Waals surface area (Å²) in [7, 11) is 0. The van der Waals surface area contributed by atoms with Gasteiger partial charge in [0.05, 0.1) is 11.4 Å². The molecule has 0 spiro atoms. The van der Waals surface area contributed by atoms with Crippen molar-refractivity contribution in [2.24, 2.45) is 0 Å². The first-order valence-corrected chi connectivity index (χ1v) is 14.5. The number of rotatable bonds is 2. The van der Waals surface area contributed by atoms with Gasteiger partial charge in [-0.25, -0.2) is 4.98 Å². The molecule has 0 aliphatic carbocycles. The van der Waals surface area contributed by atoms with E-state index >= 15 is 0 Å². The molecule has 0 fully saturated rings. The van der Waals surface area contributed by atoms with Crippen molar-refractivity contribution in [1.29, 1.82) is 0 Å². The molecule has 3 aliphatic heterocycles. The van der Waals surface area contributed by atoms with E-state index in [1.54, 1.807) is 0 Å². The lowest BCUT2D eigenvalue weighted by Crippen LogP contribution is -2.63. The summed E-state index contributed by atoms with van der Waals surface area (Å²) in [4.78, 5) is 12.5. The van der Waals surface area contributed by atoms with Crippen LogP contribution in [0, 0.1) is 0 Å². The number of nitrogens with zero attached hydrogens (tertiary/aromatic N) is 4. The SMILES string of the molecule is CC(C)(C)c1cc2c3c(c1)N1c4c(cccc4N(c4ccccc4)C1(C)C)B3c1cccnc1N2c1ccccc1. The molecule has 4 aromatic carbocycles. The molecule has 0 atom stereocenters. The number of benzene rings is 4. The second kappa shape index (κ2) is 8.26. The van der Waals surface area contributed by atoms with Crippen LogP contribution in [0.15, 0.2) is 109 Å². The molecule has 4 heterocycles. The minimum absolute atomic E-state index is 0.0312. The van der Waals surface area contributed by atoms with Crippen molar-refractivity contribution >= 4 is 63.0 Å². The van der Waals surface area contributed by atoms with Crippen molar-refractivity contribution < 1.29 is 0 Å². The van der Waals surface area contributed by atoms with Crippen molar-refractivity contribution in [1.82, 2.24) is 4.98 Å². The Balaban J connectivity index is 1.50. The average molecular weight is 533 g/mol. The van der Waals surface area contributed by atoms with Crippen LogP contribution in [0.5, 0.6) is 0 Å². The Morgan fingerprint density at radius 1 is 0.659 bits per heavy atom. The molecular formula is C36H33BN4. The standard InChI is InChI=1S/C36H33BN4/c1-35(2,3)24-22-30-32-31(23-24)41-33-27(18-12-20-29(33)40(36(41,4)5)26-16-10-7-11-17-26)37(32)28-19-13-21-38-34(28)39(30)25-14-8-6-9-15-25/h6-23H,1-5H3. The molecule has 3 aliphatic rings. The van der Waals surface area contributed by atoms with Gasteiger partial charge in [0.2, 0.25) is 0 Å². The molecule has 0 radical (unpaired) electrons. The fourth-order valence-electron chi connectivity index (χ4n) is 7.30. The fourth-order valence-corrected chi connectivity index (χ4v) is 7.30. The summed E-state index contributed by atoms with van der Waals surface area (Å²) in [5, 5.41) is 0. The van der Waals surface area contributed by atoms with Crippen molar-refractivity contribution in [3.05, 3.63) is 115 Å². The summed E-state index contributed by atoms with van der Waals surface area (Å²) in [5.41, 5.74) is 12.3. The molecule has 4 nitrogen and oxygen atoms in total. The lowest BCUT2D eigenvalue weighted by Gasteiger charge is -2.47. The van der Waals surface area contributed by atoms with E-state index in [0.717, 1.165) is 11.5 Å². The Morgan fingerprint density at radius 3 is 2.02 bits per heavy atom. The van der Waals surface area contributed by atoms with Gasteiger partial charge < -0.3 is 9.80 Å². The third kappa shape index (κ3) is 3.26. The second-order valence-electron chi connectivity index (χ2n) is 12.9. The lowest BCUT2D eigenvalue weighted by atomic mass is 9.33. The quantitative estimate of drug-likeness (QED) is 0.224. The van der Waals surface area contributed by atoms with Gasteiger partial charge in [-0.3, -0.25) is 4.90 Å². The van der Waals surface area contributed by atoms with Crippen LogP contribution in [-0.2, 0) is 5.41 Å². The number of aromatic nitrogens is 1. The van der Waals surface area contributed by atoms with Crippen LogP contribution in [-0.4, -0.2) is 17.4 Å². The van der Waals surface area contributed by atoms with Gasteiger partial charge in [0.15, 0.2) is 0 Å². The van der Waals surface area contributed by atoms with E-state index in [1.165, 1.54) is 50.4 Å². The Bertz CT molecular complexity index is 1820. The molecule has 41 heavy (non-hydrogen) atoms. The predicted octanol–water partition coefficient (Wildman–Crippen LogP) is 7.02. The molecule has 5 heteroatoms. The maximum Gasteiger partial charge on any atom is 0.254 e. The van der Waals surface area contributed by atoms with Gasteiger partial charge in [-0.05, 0) is 89.7 Å². The van der Waals surface area contributed by atoms with E-state index in [-0.39, 0.29) is 17.8 Å². The Morgan fingerprint density at radius 2 is 1.32 bits per heavy atom. The van der Waals surface area contributed by atoms with E-state index < -0.39 is 0 Å². The maximum atomic E-state index is 5.04. The van der Waals surface area contributed by atoms with E-state index in [1.807, 2.05) is 6.20 Å². The predicted molar refractivity (Wildman–Crippen MR) is 174 cm³/mol. The first kappa shape index (κ1) is 24.3. The summed E-state index contributed by atoms with van der Waals surface area (Å²) in [6.07, 6.45) is 1.93. The largest absolute Gasteiger partial charge is 0.317 e. The minimum atomic E-state index is -0.332. The van der Waals surface area contributed by atoms with E-state index in [9.17, 15) is 0 Å². The average Bonchev–Trinajstić information content (AvgIpc) is 3.22. The van der Waals surface area contributed by atoms with Crippen LogP contribution >= 0.6 is 0 Å². The van der Waals surface area contributed by atoms with E-state index in [0.29, 0.717) is 0 Å². The smallest absolute Gasteiger partial charge is 0.254 e. The zero-order valence-electron chi connectivity index (χ0n) is 24.3. The highest BCUT2D eigenvalue weighted by Gasteiger charge is 2.53. The molecule has 0 bridgehead atoms. The number of fused-ring (bicyclic) bond motifs is 4. The normalized spacial score (nSPS) is 15.9. The van der Waals surface area contributed by atoms with Crippen LogP contribution < -0.4 is 31.1 Å². The van der Waals surface area contributed by atoms with Gasteiger partial charge in [0, 0.05) is 28.9 Å². The molecule has 1 aromatic heterocycles. The van der Waals surface area contributed by atoms with Crippen molar-refractivity contribution in [2.45, 2.75) is 45.7 Å². The third-order valence-corrected chi connectivity index (χ3v) is 9.06. The van der Waals surface area contributed by atoms with Crippen LogP contribution in [0.2, 0.25) is 0 Å². The summed E-state index contributed by atoms with van der Waals surface area (Å²) in [6.45, 7) is 11.7. The van der Waals surface area contributed by atoms with E-state index in [4.69, 9.17) is 4.98 Å². The summed E-state index contributed by atoms with van der Waals surface area (Å²) in [5.74, 6) is 1.01. The van der Waals surface area contributed by atoms with Crippen LogP contribution in [0.1, 0.15) is 40.2 Å². The Labute approximate surface area is 243 Å². The Kier molecular flexibility index (Phi) is 4.90. The van der Waals surface area contributed by atoms with Gasteiger partial charge in [0.25, 0.3) is 6.71 Å². The summed E-state index contributed by atoms with van der Waals surface area (Å²) in [6, 6.07) is 37.6. The zero-order valence-corrected chi connectivity index (χ0v) is 24.3. The van der Waals surface area contributed by atoms with Crippen LogP contribution in [0.3, 0.4) is 0 Å². The first-order chi connectivity index (χ1) is 19.8. The van der Waals surface area contributed by atoms with Crippen LogP contribution in [0.4, 0.5) is 39.9 Å². The molecule has 0 unspecified atom stereocenters. The molecule has 0 N–H and O–H groups in total. The molecule has 8 rings (SSSR count). The topological polar surface area (TPSA) is 22.6 Å². The van der Waals surface area contributed by atoms with Gasteiger partial charge in [-0.15, -0.1) is 0 Å². The second-order valence-corrected chi connectivity index (χ2v) is 12.9. The number of anilines is 7. The lowest BCUT2D eigenvalue weighted by molar-refractivity contribution is 0.539. The summed E-state index contributed by atoms with van der Waals surface area (Å²) >= 11 is 0. The first-order valence-electron chi connectivity index (χ1n) is 14.5. The highest BCUT2D eigenvalue weighted by molar-refractivity contribution is 7.00. The molecular weight excluding hydrogens is 499 g/mol. The van der Waals surface area contributed by atoms with E-state index in [2.05, 4.69) is 152 Å². The van der Waals surface area contributed by atoms with Crippen LogP contribution in [0.25, 0.3) is 0 Å². The number of hydrogen-bond acceptors (Lipinski definition) is 4. The number of hydrogen-bond donors (Lipinski definition) is 0. The van der Waals surface area contributed by atoms with Crippen molar-refractivity contribution in [3.63, 3.8) is 0 Å². The molecule has 0 amide bonds. The fraction of sp³-hybridized carbons (Fsp3) is 0.194. The maximum absolute atomic E-state index is 5.04. The number of para-hydroxylation sites is 3. The van der Waals surface area contributed by atoms with Gasteiger partial charge >= 0.3 is 0 Å². The molecule has 200 valence electrons. The molecule has 0 saturated heterocycles. The minimum Gasteiger partial charge on any atom is -0.317 e. The number of pyridine rings is 1. The van der Waals surface area contributed by atoms with Gasteiger partial charge in [0.1, 0.15) is 11.5 Å². The highest BCUT2D eigenvalue weighted by Crippen LogP contribution is 2.54. The van der Waals surface area contributed by atoms with Gasteiger partial charge in [-0.1, -0.05) is 75.4 Å². The van der Waals surface area contributed by atoms with Gasteiger partial charge in [-0.2, -0.15) is 0 Å². The molecule has 5 aromatic rings. The Hall–Kier alpha value is -4.51. The van der Waals surface area contributed by atoms with Crippen molar-refractivity contribution in [3.8, 4) is 0 Å². The highest BCUT2D eigenvalue weighted by atomic mass is 15.5.